The molecule has 2 aromatic carbocycles. The Bertz CT molecular complexity index is 661. The lowest BCUT2D eigenvalue weighted by molar-refractivity contribution is 0.456. The molecule has 20 heavy (non-hydrogen) atoms. The molecule has 0 fully saturated rings. The van der Waals surface area contributed by atoms with Gasteiger partial charge < -0.3 is 4.74 Å². The van der Waals surface area contributed by atoms with Gasteiger partial charge in [-0.15, -0.1) is 0 Å². The first-order valence-electron chi connectivity index (χ1n) is 4.97. The van der Waals surface area contributed by atoms with Gasteiger partial charge in [-0.25, -0.2) is 8.78 Å². The Balaban J connectivity index is 2.51. The van der Waals surface area contributed by atoms with Crippen LogP contribution in [0.15, 0.2) is 40.6 Å². The van der Waals surface area contributed by atoms with Gasteiger partial charge in [0.1, 0.15) is 5.75 Å². The SMILES string of the molecule is Fc1c(Br)c(F)c(Br)c(Oc2ccc(Br)c(Br)c2)c1Br. The molecule has 0 spiro atoms. The summed E-state index contributed by atoms with van der Waals surface area (Å²) in [6.45, 7) is 0. The van der Waals surface area contributed by atoms with Crippen LogP contribution in [0.5, 0.6) is 11.5 Å². The van der Waals surface area contributed by atoms with Gasteiger partial charge in [0.2, 0.25) is 0 Å². The van der Waals surface area contributed by atoms with E-state index in [1.807, 2.05) is 0 Å². The van der Waals surface area contributed by atoms with Gasteiger partial charge in [0.15, 0.2) is 17.4 Å². The van der Waals surface area contributed by atoms with Crippen molar-refractivity contribution < 1.29 is 13.5 Å². The first kappa shape index (κ1) is 16.9. The molecule has 0 N–H and O–H groups in total. The fourth-order valence-corrected chi connectivity index (χ4v) is 4.09. The number of hydrogen-bond donors (Lipinski definition) is 0. The highest BCUT2D eigenvalue weighted by atomic mass is 79.9. The monoisotopic (exact) mass is 596 g/mol. The van der Waals surface area contributed by atoms with Crippen LogP contribution in [-0.4, -0.2) is 0 Å². The van der Waals surface area contributed by atoms with Crippen molar-refractivity contribution in [2.24, 2.45) is 0 Å². The molecule has 2 aromatic rings. The highest BCUT2D eigenvalue weighted by Gasteiger charge is 2.22. The third kappa shape index (κ3) is 3.29. The molecule has 0 radical (unpaired) electrons. The lowest BCUT2D eigenvalue weighted by atomic mass is 10.3. The Hall–Kier alpha value is 0.500. The van der Waals surface area contributed by atoms with E-state index in [1.165, 1.54) is 0 Å². The largest absolute Gasteiger partial charge is 0.455 e. The maximum absolute atomic E-state index is 13.8. The molecule has 0 amide bonds. The Labute approximate surface area is 155 Å². The molecule has 106 valence electrons. The van der Waals surface area contributed by atoms with Crippen molar-refractivity contribution >= 4 is 79.6 Å². The van der Waals surface area contributed by atoms with Crippen molar-refractivity contribution in [3.05, 3.63) is 52.2 Å². The second kappa shape index (κ2) is 6.73. The molecule has 2 rings (SSSR count). The average molecular weight is 601 g/mol. The lowest BCUT2D eigenvalue weighted by Gasteiger charge is -2.13. The third-order valence-corrected chi connectivity index (χ3v) is 6.27. The minimum absolute atomic E-state index is 0.0247. The third-order valence-electron chi connectivity index (χ3n) is 2.28. The van der Waals surface area contributed by atoms with E-state index in [9.17, 15) is 8.78 Å². The predicted octanol–water partition coefficient (Wildman–Crippen LogP) is 7.57. The van der Waals surface area contributed by atoms with E-state index in [-0.39, 0.29) is 19.2 Å². The molecule has 0 atom stereocenters. The molecule has 8 heteroatoms. The fraction of sp³-hybridized carbons (Fsp3) is 0. The second-order valence-corrected chi connectivity index (χ2v) is 7.66. The van der Waals surface area contributed by atoms with Gasteiger partial charge in [-0.1, -0.05) is 0 Å². The van der Waals surface area contributed by atoms with E-state index < -0.39 is 11.6 Å². The molecule has 0 bridgehead atoms. The quantitative estimate of drug-likeness (QED) is 0.255. The number of halogens is 7. The summed E-state index contributed by atoms with van der Waals surface area (Å²) in [7, 11) is 0. The highest BCUT2D eigenvalue weighted by molar-refractivity contribution is 9.13. The fourth-order valence-electron chi connectivity index (χ4n) is 1.33. The van der Waals surface area contributed by atoms with Crippen LogP contribution in [0.1, 0.15) is 0 Å². The van der Waals surface area contributed by atoms with Crippen molar-refractivity contribution in [3.63, 3.8) is 0 Å². The van der Waals surface area contributed by atoms with E-state index in [0.29, 0.717) is 5.75 Å². The standard InChI is InChI=1S/C12H3Br5F2O/c13-5-2-1-4(3-6(5)14)20-12-8(16)10(18)7(15)11(19)9(12)17/h1-3H. The first-order valence-corrected chi connectivity index (χ1v) is 8.93. The summed E-state index contributed by atoms with van der Waals surface area (Å²) in [5, 5.41) is 0. The Morgan fingerprint density at radius 3 is 1.80 bits per heavy atom. The zero-order chi connectivity index (χ0) is 15.0. The summed E-state index contributed by atoms with van der Waals surface area (Å²) in [6, 6.07) is 5.11. The summed E-state index contributed by atoms with van der Waals surface area (Å²) in [6.07, 6.45) is 0. The van der Waals surface area contributed by atoms with Gasteiger partial charge >= 0.3 is 0 Å². The van der Waals surface area contributed by atoms with Gasteiger partial charge in [-0.05, 0) is 97.8 Å². The van der Waals surface area contributed by atoms with Crippen LogP contribution in [0, 0.1) is 11.6 Å². The van der Waals surface area contributed by atoms with E-state index in [2.05, 4.69) is 79.6 Å². The lowest BCUT2D eigenvalue weighted by Crippen LogP contribution is -1.95. The van der Waals surface area contributed by atoms with E-state index in [1.54, 1.807) is 18.2 Å². The number of hydrogen-bond acceptors (Lipinski definition) is 1. The van der Waals surface area contributed by atoms with Gasteiger partial charge in [0.05, 0.1) is 13.4 Å². The summed E-state index contributed by atoms with van der Waals surface area (Å²) >= 11 is 15.6. The molecule has 0 aliphatic rings. The summed E-state index contributed by atoms with van der Waals surface area (Å²) in [5.41, 5.74) is 0. The second-order valence-electron chi connectivity index (χ2n) is 3.58. The minimum atomic E-state index is -0.767. The topological polar surface area (TPSA) is 9.23 Å². The van der Waals surface area contributed by atoms with Crippen LogP contribution in [0.3, 0.4) is 0 Å². The number of rotatable bonds is 2. The van der Waals surface area contributed by atoms with Crippen LogP contribution in [0.25, 0.3) is 0 Å². The van der Waals surface area contributed by atoms with Crippen molar-refractivity contribution in [1.82, 2.24) is 0 Å². The maximum atomic E-state index is 13.8. The van der Waals surface area contributed by atoms with E-state index in [4.69, 9.17) is 4.74 Å². The molecule has 0 heterocycles. The predicted molar refractivity (Wildman–Crippen MR) is 91.4 cm³/mol. The van der Waals surface area contributed by atoms with Crippen LogP contribution in [0.4, 0.5) is 8.78 Å². The van der Waals surface area contributed by atoms with Gasteiger partial charge in [-0.3, -0.25) is 0 Å². The molecule has 0 saturated carbocycles. The van der Waals surface area contributed by atoms with Crippen molar-refractivity contribution in [1.29, 1.82) is 0 Å². The van der Waals surface area contributed by atoms with Crippen LogP contribution in [0.2, 0.25) is 0 Å². The first-order chi connectivity index (χ1) is 9.32. The van der Waals surface area contributed by atoms with Crippen molar-refractivity contribution in [2.45, 2.75) is 0 Å². The molecular formula is C12H3Br5F2O. The Kier molecular flexibility index (Phi) is 5.67. The molecule has 0 aliphatic carbocycles. The maximum Gasteiger partial charge on any atom is 0.161 e. The average Bonchev–Trinajstić information content (AvgIpc) is 2.43. The van der Waals surface area contributed by atoms with E-state index in [0.717, 1.165) is 8.95 Å². The van der Waals surface area contributed by atoms with Gasteiger partial charge in [0.25, 0.3) is 0 Å². The molecule has 0 unspecified atom stereocenters. The Morgan fingerprint density at radius 2 is 1.30 bits per heavy atom. The van der Waals surface area contributed by atoms with Crippen LogP contribution >= 0.6 is 79.6 Å². The zero-order valence-corrected chi connectivity index (χ0v) is 17.2. The summed E-state index contributed by atoms with van der Waals surface area (Å²) in [4.78, 5) is 0. The van der Waals surface area contributed by atoms with Crippen molar-refractivity contribution in [2.75, 3.05) is 0 Å². The Morgan fingerprint density at radius 1 is 0.750 bits per heavy atom. The van der Waals surface area contributed by atoms with Crippen LogP contribution < -0.4 is 4.74 Å². The smallest absolute Gasteiger partial charge is 0.161 e. The van der Waals surface area contributed by atoms with E-state index >= 15 is 0 Å². The normalized spacial score (nSPS) is 10.8. The van der Waals surface area contributed by atoms with Gasteiger partial charge in [-0.2, -0.15) is 0 Å². The van der Waals surface area contributed by atoms with Crippen LogP contribution in [-0.2, 0) is 0 Å². The number of benzene rings is 2. The highest BCUT2D eigenvalue weighted by Crippen LogP contribution is 2.44. The minimum Gasteiger partial charge on any atom is -0.455 e. The molecule has 0 aromatic heterocycles. The molecule has 0 aliphatic heterocycles. The molecule has 1 nitrogen and oxygen atoms in total. The van der Waals surface area contributed by atoms with Gasteiger partial charge in [0, 0.05) is 8.95 Å². The summed E-state index contributed by atoms with van der Waals surface area (Å²) in [5.74, 6) is -1.08. The van der Waals surface area contributed by atoms with Crippen molar-refractivity contribution in [3.8, 4) is 11.5 Å². The number of ether oxygens (including phenoxy) is 1. The zero-order valence-electron chi connectivity index (χ0n) is 9.29. The molecular weight excluding hydrogens is 598 g/mol. The molecule has 0 saturated heterocycles. The summed E-state index contributed by atoms with van der Waals surface area (Å²) < 4.78 is 34.6.